The van der Waals surface area contributed by atoms with Crippen molar-refractivity contribution in [1.29, 1.82) is 0 Å². The first-order valence-electron chi connectivity index (χ1n) is 15.3. The van der Waals surface area contributed by atoms with E-state index in [1.165, 1.54) is 0 Å². The minimum atomic E-state index is -0.325. The largest absolute Gasteiger partial charge is 0.494 e. The number of halogens is 2. The van der Waals surface area contributed by atoms with Crippen LogP contribution in [0.5, 0.6) is 11.5 Å². The minimum Gasteiger partial charge on any atom is -0.494 e. The maximum absolute atomic E-state index is 11.3. The van der Waals surface area contributed by atoms with E-state index in [4.69, 9.17) is 35.3 Å². The Morgan fingerprint density at radius 2 is 1.58 bits per heavy atom. The molecule has 0 radical (unpaired) electrons. The summed E-state index contributed by atoms with van der Waals surface area (Å²) in [5.74, 6) is 1.24. The SMILES string of the molecule is CCOc1ccc(Cc2cc(C3CC(OCc4ccccc4)CC(COCc4ccccc4)O3)c(Br)c(OCC=O)c2Cl)cc1. The molecule has 0 aliphatic carbocycles. The van der Waals surface area contributed by atoms with Crippen molar-refractivity contribution in [2.45, 2.75) is 57.7 Å². The monoisotopic (exact) mass is 692 g/mol. The Bertz CT molecular complexity index is 1500. The van der Waals surface area contributed by atoms with Crippen molar-refractivity contribution < 1.29 is 28.5 Å². The maximum atomic E-state index is 11.3. The van der Waals surface area contributed by atoms with E-state index in [9.17, 15) is 4.79 Å². The van der Waals surface area contributed by atoms with Gasteiger partial charge in [-0.3, -0.25) is 4.79 Å². The quantitative estimate of drug-likeness (QED) is 0.116. The summed E-state index contributed by atoms with van der Waals surface area (Å²) in [6.07, 6.45) is 2.04. The molecule has 0 amide bonds. The number of hydrogen-bond donors (Lipinski definition) is 0. The molecule has 1 fully saturated rings. The van der Waals surface area contributed by atoms with E-state index in [0.29, 0.717) is 67.2 Å². The van der Waals surface area contributed by atoms with Gasteiger partial charge in [0.05, 0.1) is 54.2 Å². The summed E-state index contributed by atoms with van der Waals surface area (Å²) in [6, 6.07) is 30.3. The van der Waals surface area contributed by atoms with Gasteiger partial charge in [-0.25, -0.2) is 0 Å². The smallest absolute Gasteiger partial charge is 0.157 e. The minimum absolute atomic E-state index is 0.0641. The third kappa shape index (κ3) is 9.41. The number of aldehydes is 1. The van der Waals surface area contributed by atoms with Crippen LogP contribution in [0.25, 0.3) is 0 Å². The van der Waals surface area contributed by atoms with Gasteiger partial charge in [0.1, 0.15) is 12.4 Å². The van der Waals surface area contributed by atoms with E-state index >= 15 is 0 Å². The zero-order chi connectivity index (χ0) is 31.4. The van der Waals surface area contributed by atoms with Crippen LogP contribution in [-0.4, -0.2) is 38.3 Å². The van der Waals surface area contributed by atoms with E-state index in [-0.39, 0.29) is 24.9 Å². The van der Waals surface area contributed by atoms with E-state index in [0.717, 1.165) is 33.6 Å². The van der Waals surface area contributed by atoms with Crippen molar-refractivity contribution in [1.82, 2.24) is 0 Å². The Balaban J connectivity index is 1.41. The molecule has 5 rings (SSSR count). The Morgan fingerprint density at radius 3 is 2.24 bits per heavy atom. The van der Waals surface area contributed by atoms with E-state index < -0.39 is 0 Å². The fraction of sp³-hybridized carbons (Fsp3) is 0.324. The second-order valence-electron chi connectivity index (χ2n) is 11.0. The van der Waals surface area contributed by atoms with Gasteiger partial charge in [-0.15, -0.1) is 0 Å². The molecule has 1 aliphatic heterocycles. The van der Waals surface area contributed by atoms with Crippen LogP contribution in [0, 0.1) is 0 Å². The van der Waals surface area contributed by atoms with E-state index in [1.807, 2.05) is 79.7 Å². The predicted octanol–water partition coefficient (Wildman–Crippen LogP) is 8.69. The number of carbonyl (C=O) groups excluding carboxylic acids is 1. The molecule has 1 heterocycles. The van der Waals surface area contributed by atoms with Crippen LogP contribution in [-0.2, 0) is 38.6 Å². The molecule has 4 aromatic rings. The molecule has 6 nitrogen and oxygen atoms in total. The third-order valence-electron chi connectivity index (χ3n) is 7.64. The molecule has 0 saturated carbocycles. The fourth-order valence-electron chi connectivity index (χ4n) is 5.47. The molecule has 236 valence electrons. The summed E-state index contributed by atoms with van der Waals surface area (Å²) < 4.78 is 31.4. The summed E-state index contributed by atoms with van der Waals surface area (Å²) in [5, 5.41) is 0.455. The van der Waals surface area contributed by atoms with Crippen molar-refractivity contribution in [3.63, 3.8) is 0 Å². The highest BCUT2D eigenvalue weighted by atomic mass is 79.9. The van der Waals surface area contributed by atoms with Crippen molar-refractivity contribution in [3.05, 3.63) is 128 Å². The Labute approximate surface area is 278 Å². The van der Waals surface area contributed by atoms with Gasteiger partial charge >= 0.3 is 0 Å². The maximum Gasteiger partial charge on any atom is 0.157 e. The lowest BCUT2D eigenvalue weighted by Gasteiger charge is -2.36. The van der Waals surface area contributed by atoms with E-state index in [1.54, 1.807) is 0 Å². The van der Waals surface area contributed by atoms with Crippen LogP contribution in [0.2, 0.25) is 5.02 Å². The molecule has 1 saturated heterocycles. The van der Waals surface area contributed by atoms with Crippen LogP contribution in [0.3, 0.4) is 0 Å². The first-order chi connectivity index (χ1) is 22.0. The number of rotatable bonds is 15. The van der Waals surface area contributed by atoms with Crippen molar-refractivity contribution in [2.75, 3.05) is 19.8 Å². The van der Waals surface area contributed by atoms with Crippen LogP contribution in [0.1, 0.15) is 53.7 Å². The summed E-state index contributed by atoms with van der Waals surface area (Å²) >= 11 is 10.7. The molecule has 3 unspecified atom stereocenters. The molecule has 45 heavy (non-hydrogen) atoms. The topological polar surface area (TPSA) is 63.2 Å². The molecule has 4 aromatic carbocycles. The normalized spacial score (nSPS) is 18.0. The summed E-state index contributed by atoms with van der Waals surface area (Å²) in [7, 11) is 0. The average molecular weight is 694 g/mol. The molecule has 0 N–H and O–H groups in total. The second kappa shape index (κ2) is 16.9. The summed E-state index contributed by atoms with van der Waals surface area (Å²) in [4.78, 5) is 11.3. The first-order valence-corrected chi connectivity index (χ1v) is 16.4. The highest BCUT2D eigenvalue weighted by molar-refractivity contribution is 9.10. The average Bonchev–Trinajstić information content (AvgIpc) is 3.07. The lowest BCUT2D eigenvalue weighted by molar-refractivity contribution is -0.142. The molecule has 0 spiro atoms. The van der Waals surface area contributed by atoms with Crippen molar-refractivity contribution in [3.8, 4) is 11.5 Å². The lowest BCUT2D eigenvalue weighted by atomic mass is 9.93. The van der Waals surface area contributed by atoms with Gasteiger partial charge in [-0.1, -0.05) is 84.4 Å². The predicted molar refractivity (Wildman–Crippen MR) is 179 cm³/mol. The van der Waals surface area contributed by atoms with Crippen LogP contribution >= 0.6 is 27.5 Å². The van der Waals surface area contributed by atoms with E-state index in [2.05, 4.69) is 34.1 Å². The summed E-state index contributed by atoms with van der Waals surface area (Å²) in [6.45, 7) is 3.89. The van der Waals surface area contributed by atoms with Gasteiger partial charge in [-0.2, -0.15) is 0 Å². The van der Waals surface area contributed by atoms with Gasteiger partial charge < -0.3 is 23.7 Å². The molecular formula is C37H38BrClO6. The Kier molecular flexibility index (Phi) is 12.5. The first kappa shape index (κ1) is 33.2. The molecule has 0 aromatic heterocycles. The number of ether oxygens (including phenoxy) is 5. The number of hydrogen-bond acceptors (Lipinski definition) is 6. The number of benzene rings is 4. The van der Waals surface area contributed by atoms with Crippen LogP contribution < -0.4 is 9.47 Å². The molecular weight excluding hydrogens is 656 g/mol. The molecule has 3 atom stereocenters. The van der Waals surface area contributed by atoms with Crippen molar-refractivity contribution >= 4 is 33.8 Å². The fourth-order valence-corrected chi connectivity index (χ4v) is 6.54. The molecule has 8 heteroatoms. The Hall–Kier alpha value is -3.20. The van der Waals surface area contributed by atoms with Gasteiger partial charge in [0.25, 0.3) is 0 Å². The zero-order valence-corrected chi connectivity index (χ0v) is 27.7. The standard InChI is InChI=1S/C37H38BrClO6/c1-2-42-30-15-13-26(14-16-30)19-29-20-33(35(38)37(36(29)39)43-18-17-40)34-22-31(44-24-28-11-7-4-8-12-28)21-32(45-34)25-41-23-27-9-5-3-6-10-27/h3-17,20,31-32,34H,2,18-19,21-25H2,1H3. The number of carbonyl (C=O) groups is 1. The third-order valence-corrected chi connectivity index (χ3v) is 8.87. The highest BCUT2D eigenvalue weighted by Crippen LogP contribution is 2.45. The highest BCUT2D eigenvalue weighted by Gasteiger charge is 2.34. The summed E-state index contributed by atoms with van der Waals surface area (Å²) in [5.41, 5.74) is 5.05. The van der Waals surface area contributed by atoms with Crippen molar-refractivity contribution in [2.24, 2.45) is 0 Å². The van der Waals surface area contributed by atoms with Gasteiger partial charge in [0, 0.05) is 12.8 Å². The van der Waals surface area contributed by atoms with Gasteiger partial charge in [0.15, 0.2) is 12.0 Å². The lowest BCUT2D eigenvalue weighted by Crippen LogP contribution is -2.36. The van der Waals surface area contributed by atoms with Crippen LogP contribution in [0.15, 0.2) is 95.5 Å². The zero-order valence-electron chi connectivity index (χ0n) is 25.3. The van der Waals surface area contributed by atoms with Gasteiger partial charge in [0.2, 0.25) is 0 Å². The molecule has 1 aliphatic rings. The van der Waals surface area contributed by atoms with Gasteiger partial charge in [-0.05, 0) is 75.3 Å². The Morgan fingerprint density at radius 1 is 0.889 bits per heavy atom. The molecule has 0 bridgehead atoms. The van der Waals surface area contributed by atoms with Crippen LogP contribution in [0.4, 0.5) is 0 Å². The second-order valence-corrected chi connectivity index (χ2v) is 12.1.